The molecule has 15 heavy (non-hydrogen) atoms. The maximum absolute atomic E-state index is 13.3. The number of ether oxygens (including phenoxy) is 2. The van der Waals surface area contributed by atoms with E-state index in [1.165, 1.54) is 26.4 Å². The minimum Gasteiger partial charge on any atom is -0.496 e. The average Bonchev–Trinajstić information content (AvgIpc) is 2.27. The molecule has 0 unspecified atom stereocenters. The van der Waals surface area contributed by atoms with Crippen LogP contribution in [-0.4, -0.2) is 20.2 Å². The molecule has 0 bridgehead atoms. The standard InChI is InChI=1S/C10H10BrFO3/c1-14-9-4-8(12)6(5-11)3-7(9)10(13)15-2/h3-4H,5H2,1-2H3. The van der Waals surface area contributed by atoms with Gasteiger partial charge in [0.1, 0.15) is 17.1 Å². The second kappa shape index (κ2) is 5.11. The SMILES string of the molecule is COC(=O)c1cc(CBr)c(F)cc1OC. The number of hydrogen-bond donors (Lipinski definition) is 0. The van der Waals surface area contributed by atoms with Crippen LogP contribution >= 0.6 is 15.9 Å². The molecule has 3 nitrogen and oxygen atoms in total. The van der Waals surface area contributed by atoms with E-state index >= 15 is 0 Å². The van der Waals surface area contributed by atoms with Crippen LogP contribution in [0.25, 0.3) is 0 Å². The Balaban J connectivity index is 3.28. The minimum absolute atomic E-state index is 0.170. The number of hydrogen-bond acceptors (Lipinski definition) is 3. The Morgan fingerprint density at radius 3 is 2.60 bits per heavy atom. The van der Waals surface area contributed by atoms with E-state index in [1.807, 2.05) is 0 Å². The van der Waals surface area contributed by atoms with Gasteiger partial charge in [-0.15, -0.1) is 0 Å². The van der Waals surface area contributed by atoms with Crippen LogP contribution in [0.1, 0.15) is 15.9 Å². The quantitative estimate of drug-likeness (QED) is 0.629. The van der Waals surface area contributed by atoms with Crippen LogP contribution in [0.5, 0.6) is 5.75 Å². The van der Waals surface area contributed by atoms with Crippen molar-refractivity contribution in [1.29, 1.82) is 0 Å². The number of methoxy groups -OCH3 is 2. The van der Waals surface area contributed by atoms with Crippen molar-refractivity contribution >= 4 is 21.9 Å². The molecule has 0 radical (unpaired) electrons. The Bertz CT molecular complexity index is 379. The third-order valence-electron chi connectivity index (χ3n) is 1.92. The molecule has 0 atom stereocenters. The zero-order valence-corrected chi connectivity index (χ0v) is 9.93. The third-order valence-corrected chi connectivity index (χ3v) is 2.52. The highest BCUT2D eigenvalue weighted by Gasteiger charge is 2.16. The molecule has 0 N–H and O–H groups in total. The number of halogens is 2. The number of alkyl halides is 1. The van der Waals surface area contributed by atoms with Crippen molar-refractivity contribution in [3.8, 4) is 5.75 Å². The van der Waals surface area contributed by atoms with Crippen LogP contribution < -0.4 is 4.74 Å². The summed E-state index contributed by atoms with van der Waals surface area (Å²) in [5, 5.41) is 0.326. The minimum atomic E-state index is -0.547. The number of rotatable bonds is 3. The van der Waals surface area contributed by atoms with Crippen LogP contribution in [0, 0.1) is 5.82 Å². The number of carbonyl (C=O) groups is 1. The summed E-state index contributed by atoms with van der Waals surface area (Å²) in [7, 11) is 2.63. The first-order valence-electron chi connectivity index (χ1n) is 4.14. The highest BCUT2D eigenvalue weighted by atomic mass is 79.9. The van der Waals surface area contributed by atoms with Gasteiger partial charge in [0.05, 0.1) is 14.2 Å². The molecule has 1 rings (SSSR count). The number of esters is 1. The Kier molecular flexibility index (Phi) is 4.08. The van der Waals surface area contributed by atoms with Crippen molar-refractivity contribution in [2.75, 3.05) is 14.2 Å². The maximum Gasteiger partial charge on any atom is 0.341 e. The summed E-state index contributed by atoms with van der Waals surface area (Å²) in [6.45, 7) is 0. The third kappa shape index (κ3) is 2.47. The first-order valence-corrected chi connectivity index (χ1v) is 5.26. The molecular formula is C10H10BrFO3. The van der Waals surface area contributed by atoms with Gasteiger partial charge in [-0.3, -0.25) is 0 Å². The summed E-state index contributed by atoms with van der Waals surface area (Å²) in [5.74, 6) is -0.797. The second-order valence-electron chi connectivity index (χ2n) is 2.77. The summed E-state index contributed by atoms with van der Waals surface area (Å²) >= 11 is 3.13. The number of benzene rings is 1. The molecule has 0 spiro atoms. The molecule has 5 heteroatoms. The van der Waals surface area contributed by atoms with Gasteiger partial charge in [-0.05, 0) is 11.6 Å². The van der Waals surface area contributed by atoms with E-state index in [1.54, 1.807) is 0 Å². The van der Waals surface area contributed by atoms with E-state index in [2.05, 4.69) is 20.7 Å². The Morgan fingerprint density at radius 2 is 2.13 bits per heavy atom. The zero-order chi connectivity index (χ0) is 11.4. The van der Waals surface area contributed by atoms with E-state index in [-0.39, 0.29) is 11.3 Å². The van der Waals surface area contributed by atoms with E-state index in [0.717, 1.165) is 0 Å². The molecule has 1 aromatic carbocycles. The second-order valence-corrected chi connectivity index (χ2v) is 3.33. The fourth-order valence-corrected chi connectivity index (χ4v) is 1.57. The van der Waals surface area contributed by atoms with Crippen LogP contribution in [0.3, 0.4) is 0 Å². The summed E-state index contributed by atoms with van der Waals surface area (Å²) < 4.78 is 22.8. The molecule has 0 amide bonds. The maximum atomic E-state index is 13.3. The van der Waals surface area contributed by atoms with Crippen molar-refractivity contribution in [3.05, 3.63) is 29.1 Å². The molecule has 82 valence electrons. The highest BCUT2D eigenvalue weighted by molar-refractivity contribution is 9.08. The molecule has 0 fully saturated rings. The molecular weight excluding hydrogens is 267 g/mol. The largest absolute Gasteiger partial charge is 0.496 e. The molecule has 0 aliphatic rings. The molecule has 0 aliphatic carbocycles. The Labute approximate surface area is 95.3 Å². The monoisotopic (exact) mass is 276 g/mol. The van der Waals surface area contributed by atoms with Crippen molar-refractivity contribution in [1.82, 2.24) is 0 Å². The van der Waals surface area contributed by atoms with Gasteiger partial charge >= 0.3 is 5.97 Å². The zero-order valence-electron chi connectivity index (χ0n) is 8.34. The molecule has 1 aromatic rings. The van der Waals surface area contributed by atoms with Gasteiger partial charge < -0.3 is 9.47 Å². The van der Waals surface area contributed by atoms with Gasteiger partial charge in [0.25, 0.3) is 0 Å². The van der Waals surface area contributed by atoms with Crippen LogP contribution in [0.4, 0.5) is 4.39 Å². The summed E-state index contributed by atoms with van der Waals surface area (Å²) in [6, 6.07) is 2.58. The fourth-order valence-electron chi connectivity index (χ4n) is 1.14. The van der Waals surface area contributed by atoms with Gasteiger partial charge in [0, 0.05) is 11.4 Å². The van der Waals surface area contributed by atoms with Crippen molar-refractivity contribution < 1.29 is 18.7 Å². The molecule has 0 aromatic heterocycles. The van der Waals surface area contributed by atoms with Crippen LogP contribution in [0.2, 0.25) is 0 Å². The lowest BCUT2D eigenvalue weighted by atomic mass is 10.1. The van der Waals surface area contributed by atoms with Gasteiger partial charge in [0.15, 0.2) is 0 Å². The van der Waals surface area contributed by atoms with Gasteiger partial charge in [-0.2, -0.15) is 0 Å². The Morgan fingerprint density at radius 1 is 1.47 bits per heavy atom. The molecule has 0 heterocycles. The summed E-state index contributed by atoms with van der Waals surface area (Å²) in [6.07, 6.45) is 0. The molecule has 0 aliphatic heterocycles. The average molecular weight is 277 g/mol. The number of carbonyl (C=O) groups excluding carboxylic acids is 1. The van der Waals surface area contributed by atoms with Crippen LogP contribution in [0.15, 0.2) is 12.1 Å². The molecule has 0 saturated carbocycles. The van der Waals surface area contributed by atoms with Gasteiger partial charge in [-0.1, -0.05) is 15.9 Å². The van der Waals surface area contributed by atoms with Gasteiger partial charge in [0.2, 0.25) is 0 Å². The summed E-state index contributed by atoms with van der Waals surface area (Å²) in [4.78, 5) is 11.3. The van der Waals surface area contributed by atoms with Crippen LogP contribution in [-0.2, 0) is 10.1 Å². The smallest absolute Gasteiger partial charge is 0.341 e. The molecule has 0 saturated heterocycles. The van der Waals surface area contributed by atoms with Crippen molar-refractivity contribution in [2.45, 2.75) is 5.33 Å². The van der Waals surface area contributed by atoms with Gasteiger partial charge in [-0.25, -0.2) is 9.18 Å². The lowest BCUT2D eigenvalue weighted by Gasteiger charge is -2.09. The topological polar surface area (TPSA) is 35.5 Å². The predicted molar refractivity (Wildman–Crippen MR) is 56.9 cm³/mol. The first-order chi connectivity index (χ1) is 7.13. The lowest BCUT2D eigenvalue weighted by Crippen LogP contribution is -2.06. The van der Waals surface area contributed by atoms with E-state index in [9.17, 15) is 9.18 Å². The van der Waals surface area contributed by atoms with Crippen molar-refractivity contribution in [3.63, 3.8) is 0 Å². The van der Waals surface area contributed by atoms with Crippen molar-refractivity contribution in [2.24, 2.45) is 0 Å². The first kappa shape index (κ1) is 12.0. The van der Waals surface area contributed by atoms with E-state index in [0.29, 0.717) is 10.9 Å². The van der Waals surface area contributed by atoms with E-state index in [4.69, 9.17) is 4.74 Å². The highest BCUT2D eigenvalue weighted by Crippen LogP contribution is 2.24. The fraction of sp³-hybridized carbons (Fsp3) is 0.300. The Hall–Kier alpha value is -1.10. The lowest BCUT2D eigenvalue weighted by molar-refractivity contribution is 0.0597. The predicted octanol–water partition coefficient (Wildman–Crippen LogP) is 2.52. The summed E-state index contributed by atoms with van der Waals surface area (Å²) in [5.41, 5.74) is 0.604. The normalized spacial score (nSPS) is 9.87. The van der Waals surface area contributed by atoms with E-state index < -0.39 is 11.8 Å².